The van der Waals surface area contributed by atoms with E-state index in [-0.39, 0.29) is 12.4 Å². The molecule has 0 saturated heterocycles. The van der Waals surface area contributed by atoms with Crippen molar-refractivity contribution in [3.8, 4) is 11.1 Å². The number of rotatable bonds is 4. The molecule has 0 fully saturated rings. The fourth-order valence-electron chi connectivity index (χ4n) is 1.72. The second-order valence-corrected chi connectivity index (χ2v) is 3.67. The monoisotopic (exact) mass is 231 g/mol. The quantitative estimate of drug-likeness (QED) is 0.879. The first-order valence-corrected chi connectivity index (χ1v) is 5.20. The predicted molar refractivity (Wildman–Crippen MR) is 63.8 cm³/mol. The van der Waals surface area contributed by atoms with Gasteiger partial charge in [0.25, 0.3) is 0 Å². The molecule has 0 radical (unpaired) electrons. The number of aromatic nitrogens is 1. The lowest BCUT2D eigenvalue weighted by Crippen LogP contribution is -2.08. The summed E-state index contributed by atoms with van der Waals surface area (Å²) >= 11 is 0. The van der Waals surface area contributed by atoms with Crippen LogP contribution >= 0.6 is 0 Å². The van der Waals surface area contributed by atoms with Gasteiger partial charge in [-0.05, 0) is 11.6 Å². The van der Waals surface area contributed by atoms with E-state index in [2.05, 4.69) is 0 Å². The van der Waals surface area contributed by atoms with Gasteiger partial charge in [0, 0.05) is 18.9 Å². The van der Waals surface area contributed by atoms with Gasteiger partial charge in [-0.1, -0.05) is 30.3 Å². The average molecular weight is 231 g/mol. The molecular weight excluding hydrogens is 218 g/mol. The Morgan fingerprint density at radius 3 is 2.59 bits per heavy atom. The van der Waals surface area contributed by atoms with E-state index >= 15 is 0 Å². The van der Waals surface area contributed by atoms with Gasteiger partial charge in [-0.15, -0.1) is 0 Å². The van der Waals surface area contributed by atoms with Crippen LogP contribution in [0.1, 0.15) is 10.5 Å². The van der Waals surface area contributed by atoms with Crippen molar-refractivity contribution in [1.82, 2.24) is 4.57 Å². The van der Waals surface area contributed by atoms with E-state index in [0.717, 1.165) is 11.1 Å². The van der Waals surface area contributed by atoms with Crippen molar-refractivity contribution >= 4 is 5.97 Å². The number of carboxylic acids is 1. The minimum absolute atomic E-state index is 0.228. The van der Waals surface area contributed by atoms with E-state index in [4.69, 9.17) is 9.84 Å². The Hall–Kier alpha value is -2.07. The predicted octanol–water partition coefficient (Wildman–Crippen LogP) is 2.46. The number of methoxy groups -OCH3 is 1. The number of carbonyl (C=O) groups is 1. The number of aromatic carboxylic acids is 1. The van der Waals surface area contributed by atoms with Crippen molar-refractivity contribution in [2.75, 3.05) is 7.11 Å². The average Bonchev–Trinajstić information content (AvgIpc) is 2.75. The standard InChI is InChI=1S/C13H13NO3/c1-17-9-14-8-11(7-12(14)13(15)16)10-5-3-2-4-6-10/h2-8H,9H2,1H3,(H,15,16). The van der Waals surface area contributed by atoms with Gasteiger partial charge < -0.3 is 14.4 Å². The Morgan fingerprint density at radius 2 is 2.00 bits per heavy atom. The van der Waals surface area contributed by atoms with Crippen LogP contribution in [0.5, 0.6) is 0 Å². The van der Waals surface area contributed by atoms with E-state index in [1.807, 2.05) is 30.3 Å². The molecule has 0 spiro atoms. The number of benzene rings is 1. The molecule has 0 atom stereocenters. The Balaban J connectivity index is 2.44. The minimum atomic E-state index is -0.954. The van der Waals surface area contributed by atoms with Crippen LogP contribution in [-0.2, 0) is 11.5 Å². The number of ether oxygens (including phenoxy) is 1. The molecule has 88 valence electrons. The Labute approximate surface area is 99.1 Å². The summed E-state index contributed by atoms with van der Waals surface area (Å²) in [6.07, 6.45) is 1.78. The second-order valence-electron chi connectivity index (χ2n) is 3.67. The molecule has 0 aliphatic heterocycles. The molecule has 1 N–H and O–H groups in total. The molecular formula is C13H13NO3. The third-order valence-electron chi connectivity index (χ3n) is 2.49. The van der Waals surface area contributed by atoms with Gasteiger partial charge >= 0.3 is 5.97 Å². The van der Waals surface area contributed by atoms with Crippen LogP contribution < -0.4 is 0 Å². The number of nitrogens with zero attached hydrogens (tertiary/aromatic N) is 1. The van der Waals surface area contributed by atoms with Crippen molar-refractivity contribution in [2.24, 2.45) is 0 Å². The summed E-state index contributed by atoms with van der Waals surface area (Å²) in [7, 11) is 1.54. The Bertz CT molecular complexity index is 517. The highest BCUT2D eigenvalue weighted by Crippen LogP contribution is 2.22. The van der Waals surface area contributed by atoms with Crippen LogP contribution in [0.4, 0.5) is 0 Å². The molecule has 0 saturated carbocycles. The van der Waals surface area contributed by atoms with Gasteiger partial charge in [-0.3, -0.25) is 0 Å². The van der Waals surface area contributed by atoms with Gasteiger partial charge in [0.1, 0.15) is 12.4 Å². The van der Waals surface area contributed by atoms with Crippen molar-refractivity contribution < 1.29 is 14.6 Å². The lowest BCUT2D eigenvalue weighted by molar-refractivity contribution is 0.0661. The fourth-order valence-corrected chi connectivity index (χ4v) is 1.72. The van der Waals surface area contributed by atoms with Gasteiger partial charge in [-0.2, -0.15) is 0 Å². The summed E-state index contributed by atoms with van der Waals surface area (Å²) in [4.78, 5) is 11.1. The summed E-state index contributed by atoms with van der Waals surface area (Å²) in [6.45, 7) is 0.231. The van der Waals surface area contributed by atoms with Crippen LogP contribution in [0.25, 0.3) is 11.1 Å². The molecule has 2 rings (SSSR count). The Morgan fingerprint density at radius 1 is 1.29 bits per heavy atom. The normalized spacial score (nSPS) is 10.4. The zero-order chi connectivity index (χ0) is 12.3. The highest BCUT2D eigenvalue weighted by Gasteiger charge is 2.12. The van der Waals surface area contributed by atoms with E-state index in [1.165, 1.54) is 7.11 Å². The van der Waals surface area contributed by atoms with Gasteiger partial charge in [0.05, 0.1) is 0 Å². The largest absolute Gasteiger partial charge is 0.477 e. The third kappa shape index (κ3) is 2.37. The summed E-state index contributed by atoms with van der Waals surface area (Å²) in [5.41, 5.74) is 2.09. The molecule has 0 amide bonds. The lowest BCUT2D eigenvalue weighted by atomic mass is 10.1. The van der Waals surface area contributed by atoms with Gasteiger partial charge in [0.2, 0.25) is 0 Å². The number of hydrogen-bond donors (Lipinski definition) is 1. The molecule has 0 aliphatic rings. The molecule has 2 aromatic rings. The first-order valence-electron chi connectivity index (χ1n) is 5.20. The van der Waals surface area contributed by atoms with E-state index < -0.39 is 5.97 Å². The van der Waals surface area contributed by atoms with Crippen molar-refractivity contribution in [3.05, 3.63) is 48.3 Å². The van der Waals surface area contributed by atoms with Crippen molar-refractivity contribution in [3.63, 3.8) is 0 Å². The summed E-state index contributed by atoms with van der Waals surface area (Å²) < 4.78 is 6.54. The fraction of sp³-hybridized carbons (Fsp3) is 0.154. The third-order valence-corrected chi connectivity index (χ3v) is 2.49. The molecule has 0 unspecified atom stereocenters. The number of hydrogen-bond acceptors (Lipinski definition) is 2. The van der Waals surface area contributed by atoms with Crippen molar-refractivity contribution in [2.45, 2.75) is 6.73 Å². The maximum Gasteiger partial charge on any atom is 0.352 e. The lowest BCUT2D eigenvalue weighted by Gasteiger charge is -2.02. The zero-order valence-electron chi connectivity index (χ0n) is 9.46. The van der Waals surface area contributed by atoms with Gasteiger partial charge in [0.15, 0.2) is 0 Å². The van der Waals surface area contributed by atoms with Crippen LogP contribution in [-0.4, -0.2) is 22.8 Å². The SMILES string of the molecule is COCn1cc(-c2ccccc2)cc1C(=O)O. The summed E-state index contributed by atoms with van der Waals surface area (Å²) in [5.74, 6) is -0.954. The van der Waals surface area contributed by atoms with Crippen LogP contribution in [0.3, 0.4) is 0 Å². The highest BCUT2D eigenvalue weighted by atomic mass is 16.5. The van der Waals surface area contributed by atoms with E-state index in [0.29, 0.717) is 0 Å². The van der Waals surface area contributed by atoms with Crippen molar-refractivity contribution in [1.29, 1.82) is 0 Å². The molecule has 0 bridgehead atoms. The van der Waals surface area contributed by atoms with E-state index in [9.17, 15) is 4.79 Å². The van der Waals surface area contributed by atoms with Crippen LogP contribution in [0.15, 0.2) is 42.6 Å². The number of carboxylic acid groups (broad SMARTS) is 1. The molecule has 1 aromatic carbocycles. The topological polar surface area (TPSA) is 51.5 Å². The Kier molecular flexibility index (Phi) is 3.25. The molecule has 4 heteroatoms. The molecule has 4 nitrogen and oxygen atoms in total. The summed E-state index contributed by atoms with van der Waals surface area (Å²) in [6, 6.07) is 11.3. The molecule has 0 aliphatic carbocycles. The molecule has 17 heavy (non-hydrogen) atoms. The first-order chi connectivity index (χ1) is 8.22. The zero-order valence-corrected chi connectivity index (χ0v) is 9.46. The van der Waals surface area contributed by atoms with Crippen LogP contribution in [0.2, 0.25) is 0 Å². The van der Waals surface area contributed by atoms with Gasteiger partial charge in [-0.25, -0.2) is 4.79 Å². The first kappa shape index (κ1) is 11.4. The maximum absolute atomic E-state index is 11.1. The maximum atomic E-state index is 11.1. The van der Waals surface area contributed by atoms with E-state index in [1.54, 1.807) is 16.8 Å². The highest BCUT2D eigenvalue weighted by molar-refractivity contribution is 5.88. The smallest absolute Gasteiger partial charge is 0.352 e. The minimum Gasteiger partial charge on any atom is -0.477 e. The second kappa shape index (κ2) is 4.84. The molecule has 1 aromatic heterocycles. The molecule has 1 heterocycles. The van der Waals surface area contributed by atoms with Crippen LogP contribution in [0, 0.1) is 0 Å². The summed E-state index contributed by atoms with van der Waals surface area (Å²) in [5, 5.41) is 9.08.